The summed E-state index contributed by atoms with van der Waals surface area (Å²) in [5.41, 5.74) is 6.57. The molecule has 7 nitrogen and oxygen atoms in total. The Morgan fingerprint density at radius 3 is 2.41 bits per heavy atom. The van der Waals surface area contributed by atoms with E-state index < -0.39 is 23.9 Å². The topological polar surface area (TPSA) is 93.7 Å². The molecule has 0 spiro atoms. The van der Waals surface area contributed by atoms with E-state index in [9.17, 15) is 14.4 Å². The van der Waals surface area contributed by atoms with Gasteiger partial charge in [0.2, 0.25) is 0 Å². The highest BCUT2D eigenvalue weighted by molar-refractivity contribution is 5.95. The molecule has 2 aromatic carbocycles. The van der Waals surface area contributed by atoms with E-state index in [1.165, 1.54) is 14.0 Å². The molecule has 142 valence electrons. The lowest BCUT2D eigenvalue weighted by Gasteiger charge is -2.15. The summed E-state index contributed by atoms with van der Waals surface area (Å²) in [6.45, 7) is 3.33. The van der Waals surface area contributed by atoms with Gasteiger partial charge in [0.15, 0.2) is 6.10 Å². The number of methoxy groups -OCH3 is 1. The van der Waals surface area contributed by atoms with Crippen molar-refractivity contribution in [1.82, 2.24) is 10.9 Å². The van der Waals surface area contributed by atoms with Crippen LogP contribution < -0.4 is 15.6 Å². The lowest BCUT2D eigenvalue weighted by molar-refractivity contribution is -0.154. The van der Waals surface area contributed by atoms with Crippen LogP contribution in [0.1, 0.15) is 28.4 Å². The van der Waals surface area contributed by atoms with Crippen molar-refractivity contribution in [2.75, 3.05) is 7.11 Å². The molecular formula is C20H22N2O5. The third kappa shape index (κ3) is 5.85. The SMILES string of the molecule is COc1ccc(C)cc1CC(=O)O[C@H](C)C(=O)NNC(=O)c1ccccc1. The first-order chi connectivity index (χ1) is 12.9. The van der Waals surface area contributed by atoms with Gasteiger partial charge >= 0.3 is 5.97 Å². The lowest BCUT2D eigenvalue weighted by Crippen LogP contribution is -2.46. The normalized spacial score (nSPS) is 11.2. The predicted octanol–water partition coefficient (Wildman–Crippen LogP) is 1.94. The van der Waals surface area contributed by atoms with E-state index in [1.807, 2.05) is 19.1 Å². The third-order valence-electron chi connectivity index (χ3n) is 3.78. The minimum atomic E-state index is -1.07. The Labute approximate surface area is 157 Å². The van der Waals surface area contributed by atoms with Crippen molar-refractivity contribution in [3.63, 3.8) is 0 Å². The van der Waals surface area contributed by atoms with Crippen LogP contribution in [0.3, 0.4) is 0 Å². The number of carbonyl (C=O) groups excluding carboxylic acids is 3. The molecular weight excluding hydrogens is 348 g/mol. The number of amides is 2. The number of esters is 1. The van der Waals surface area contributed by atoms with E-state index in [2.05, 4.69) is 10.9 Å². The van der Waals surface area contributed by atoms with Gasteiger partial charge in [0.1, 0.15) is 5.75 Å². The van der Waals surface area contributed by atoms with Gasteiger partial charge in [-0.25, -0.2) is 0 Å². The number of carbonyl (C=O) groups is 3. The fourth-order valence-electron chi connectivity index (χ4n) is 2.38. The Balaban J connectivity index is 1.86. The molecule has 1 atom stereocenters. The van der Waals surface area contributed by atoms with Gasteiger partial charge in [-0.05, 0) is 32.0 Å². The number of ether oxygens (including phenoxy) is 2. The van der Waals surface area contributed by atoms with Crippen LogP contribution in [0.15, 0.2) is 48.5 Å². The number of benzene rings is 2. The second-order valence-corrected chi connectivity index (χ2v) is 5.93. The summed E-state index contributed by atoms with van der Waals surface area (Å²) in [5, 5.41) is 0. The van der Waals surface area contributed by atoms with Gasteiger partial charge in [-0.1, -0.05) is 35.9 Å². The molecule has 2 aromatic rings. The van der Waals surface area contributed by atoms with Gasteiger partial charge in [-0.15, -0.1) is 0 Å². The minimum Gasteiger partial charge on any atom is -0.496 e. The predicted molar refractivity (Wildman–Crippen MR) is 99.0 cm³/mol. The Hall–Kier alpha value is -3.35. The van der Waals surface area contributed by atoms with E-state index in [0.29, 0.717) is 16.9 Å². The minimum absolute atomic E-state index is 0.0289. The molecule has 7 heteroatoms. The molecule has 2 rings (SSSR count). The van der Waals surface area contributed by atoms with Gasteiger partial charge < -0.3 is 9.47 Å². The van der Waals surface area contributed by atoms with Crippen LogP contribution in [0.4, 0.5) is 0 Å². The Morgan fingerprint density at radius 1 is 1.04 bits per heavy atom. The van der Waals surface area contributed by atoms with Gasteiger partial charge in [0, 0.05) is 11.1 Å². The van der Waals surface area contributed by atoms with Crippen molar-refractivity contribution in [2.24, 2.45) is 0 Å². The van der Waals surface area contributed by atoms with Crippen LogP contribution in [-0.4, -0.2) is 31.0 Å². The maximum Gasteiger partial charge on any atom is 0.311 e. The van der Waals surface area contributed by atoms with Crippen molar-refractivity contribution < 1.29 is 23.9 Å². The highest BCUT2D eigenvalue weighted by Crippen LogP contribution is 2.20. The Bertz CT molecular complexity index is 820. The monoisotopic (exact) mass is 370 g/mol. The van der Waals surface area contributed by atoms with Gasteiger partial charge in [0.05, 0.1) is 13.5 Å². The van der Waals surface area contributed by atoms with Crippen LogP contribution in [0, 0.1) is 6.92 Å². The van der Waals surface area contributed by atoms with Crippen molar-refractivity contribution in [3.8, 4) is 5.75 Å². The number of hydrogen-bond donors (Lipinski definition) is 2. The number of hydrogen-bond acceptors (Lipinski definition) is 5. The first-order valence-electron chi connectivity index (χ1n) is 8.39. The summed E-state index contributed by atoms with van der Waals surface area (Å²) in [6.07, 6.45) is -1.09. The quantitative estimate of drug-likeness (QED) is 0.599. The van der Waals surface area contributed by atoms with Gasteiger partial charge in [0.25, 0.3) is 11.8 Å². The molecule has 0 fully saturated rings. The van der Waals surface area contributed by atoms with E-state index >= 15 is 0 Å². The zero-order valence-corrected chi connectivity index (χ0v) is 15.4. The summed E-state index contributed by atoms with van der Waals surface area (Å²) < 4.78 is 10.4. The molecule has 0 aliphatic heterocycles. The van der Waals surface area contributed by atoms with Crippen molar-refractivity contribution in [2.45, 2.75) is 26.4 Å². The maximum atomic E-state index is 12.1. The second-order valence-electron chi connectivity index (χ2n) is 5.93. The van der Waals surface area contributed by atoms with Gasteiger partial charge in [-0.2, -0.15) is 0 Å². The van der Waals surface area contributed by atoms with Crippen LogP contribution in [0.25, 0.3) is 0 Å². The molecule has 0 heterocycles. The Kier molecular flexibility index (Phi) is 6.93. The van der Waals surface area contributed by atoms with Crippen LogP contribution in [0.2, 0.25) is 0 Å². The van der Waals surface area contributed by atoms with E-state index in [0.717, 1.165) is 5.56 Å². The van der Waals surface area contributed by atoms with Gasteiger partial charge in [-0.3, -0.25) is 25.2 Å². The molecule has 0 aromatic heterocycles. The first-order valence-corrected chi connectivity index (χ1v) is 8.39. The zero-order chi connectivity index (χ0) is 19.8. The molecule has 0 unspecified atom stereocenters. The zero-order valence-electron chi connectivity index (χ0n) is 15.4. The summed E-state index contributed by atoms with van der Waals surface area (Å²) in [5.74, 6) is -1.10. The highest BCUT2D eigenvalue weighted by atomic mass is 16.5. The molecule has 0 aliphatic carbocycles. The Morgan fingerprint density at radius 2 is 1.74 bits per heavy atom. The fourth-order valence-corrected chi connectivity index (χ4v) is 2.38. The number of aryl methyl sites for hydroxylation is 1. The second kappa shape index (κ2) is 9.38. The standard InChI is InChI=1S/C20H22N2O5/c1-13-9-10-17(26-3)16(11-13)12-18(23)27-14(2)19(24)21-22-20(25)15-7-5-4-6-8-15/h4-11,14H,12H2,1-3H3,(H,21,24)(H,22,25)/t14-/m1/s1. The third-order valence-corrected chi connectivity index (χ3v) is 3.78. The molecule has 0 radical (unpaired) electrons. The largest absolute Gasteiger partial charge is 0.496 e. The molecule has 2 amide bonds. The van der Waals surface area contributed by atoms with Crippen molar-refractivity contribution in [3.05, 3.63) is 65.2 Å². The number of nitrogens with one attached hydrogen (secondary N) is 2. The lowest BCUT2D eigenvalue weighted by atomic mass is 10.1. The maximum absolute atomic E-state index is 12.1. The van der Waals surface area contributed by atoms with E-state index in [-0.39, 0.29) is 6.42 Å². The van der Waals surface area contributed by atoms with Crippen LogP contribution >= 0.6 is 0 Å². The molecule has 2 N–H and O–H groups in total. The summed E-state index contributed by atoms with van der Waals surface area (Å²) in [6, 6.07) is 13.9. The van der Waals surface area contributed by atoms with E-state index in [4.69, 9.17) is 9.47 Å². The number of rotatable bonds is 6. The molecule has 0 saturated heterocycles. The molecule has 0 aliphatic rings. The number of hydrazine groups is 1. The van der Waals surface area contributed by atoms with Crippen molar-refractivity contribution >= 4 is 17.8 Å². The molecule has 0 saturated carbocycles. The fraction of sp³-hybridized carbons (Fsp3) is 0.250. The van der Waals surface area contributed by atoms with Crippen LogP contribution in [0.5, 0.6) is 5.75 Å². The van der Waals surface area contributed by atoms with Crippen LogP contribution in [-0.2, 0) is 20.7 Å². The molecule has 0 bridgehead atoms. The summed E-state index contributed by atoms with van der Waals surface area (Å²) in [7, 11) is 1.52. The average Bonchev–Trinajstić information content (AvgIpc) is 2.66. The molecule has 27 heavy (non-hydrogen) atoms. The summed E-state index contributed by atoms with van der Waals surface area (Å²) >= 11 is 0. The summed E-state index contributed by atoms with van der Waals surface area (Å²) in [4.78, 5) is 36.0. The van der Waals surface area contributed by atoms with E-state index in [1.54, 1.807) is 36.4 Å². The smallest absolute Gasteiger partial charge is 0.311 e. The average molecular weight is 370 g/mol. The first kappa shape index (κ1) is 20.0. The highest BCUT2D eigenvalue weighted by Gasteiger charge is 2.20. The van der Waals surface area contributed by atoms with Crippen molar-refractivity contribution in [1.29, 1.82) is 0 Å².